The van der Waals surface area contributed by atoms with Crippen LogP contribution in [-0.4, -0.2) is 24.3 Å². The zero-order valence-electron chi connectivity index (χ0n) is 34.2. The lowest BCUT2D eigenvalue weighted by atomic mass is 10.6. The third kappa shape index (κ3) is 20600. The molecule has 3 nitrogen and oxygen atoms in total. The van der Waals surface area contributed by atoms with Gasteiger partial charge in [-0.1, -0.05) is 85.6 Å². The summed E-state index contributed by atoms with van der Waals surface area (Å²) in [6.45, 7) is 71.3. The Bertz CT molecular complexity index is 418. The third-order valence-corrected chi connectivity index (χ3v) is 0.502. The van der Waals surface area contributed by atoms with Gasteiger partial charge in [-0.3, -0.25) is 0 Å². The second-order valence-corrected chi connectivity index (χ2v) is 6.40. The smallest absolute Gasteiger partial charge is 0.330 e. The Morgan fingerprint density at radius 2 is 0.489 bits per heavy atom. The van der Waals surface area contributed by atoms with E-state index in [0.717, 1.165) is 6.08 Å². The van der Waals surface area contributed by atoms with Crippen LogP contribution in [-0.2, 0) is 9.53 Å². The highest BCUT2D eigenvalue weighted by Gasteiger charge is 1.90. The predicted molar refractivity (Wildman–Crippen MR) is 235 cm³/mol. The maximum Gasteiger partial charge on any atom is 0.330 e. The average molecular weight is 663 g/mol. The van der Waals surface area contributed by atoms with Crippen molar-refractivity contribution in [3.63, 3.8) is 0 Å². The molecular formula is C44H86O3. The summed E-state index contributed by atoms with van der Waals surface area (Å²) in [6.07, 6.45) is 23.8. The molecule has 0 bridgehead atoms. The lowest BCUT2D eigenvalue weighted by Gasteiger charge is -1.94. The minimum Gasteiger partial charge on any atom is -0.460 e. The number of carbonyl (C=O) groups is 1. The van der Waals surface area contributed by atoms with E-state index in [1.807, 2.05) is 90.0 Å². The van der Waals surface area contributed by atoms with Gasteiger partial charge in [-0.05, 0) is 90.0 Å². The number of ether oxygens (including phenoxy) is 1. The van der Waals surface area contributed by atoms with Crippen molar-refractivity contribution in [2.45, 2.75) is 90.0 Å². The van der Waals surface area contributed by atoms with Crippen molar-refractivity contribution in [2.75, 3.05) is 13.2 Å². The van der Waals surface area contributed by atoms with Crippen LogP contribution in [0.2, 0.25) is 0 Å². The highest BCUT2D eigenvalue weighted by molar-refractivity contribution is 5.81. The van der Waals surface area contributed by atoms with Crippen LogP contribution < -0.4 is 0 Å². The molecule has 0 aliphatic heterocycles. The summed E-state index contributed by atoms with van der Waals surface area (Å²) >= 11 is 0. The Morgan fingerprint density at radius 1 is 0.383 bits per heavy atom. The molecule has 0 aromatic rings. The molecule has 280 valence electrons. The van der Waals surface area contributed by atoms with E-state index in [1.165, 1.54) is 0 Å². The lowest BCUT2D eigenvalue weighted by Crippen LogP contribution is -2.04. The molecule has 0 aromatic heterocycles. The van der Waals surface area contributed by atoms with Crippen LogP contribution in [0.15, 0.2) is 177 Å². The first-order valence-electron chi connectivity index (χ1n) is 15.0. The molecule has 0 saturated heterocycles. The highest BCUT2D eigenvalue weighted by Crippen LogP contribution is 1.75. The van der Waals surface area contributed by atoms with Crippen LogP contribution in [0.3, 0.4) is 0 Å². The van der Waals surface area contributed by atoms with E-state index in [2.05, 4.69) is 96.8 Å². The largest absolute Gasteiger partial charge is 0.460 e. The van der Waals surface area contributed by atoms with Gasteiger partial charge in [-0.2, -0.15) is 0 Å². The van der Waals surface area contributed by atoms with Crippen LogP contribution >= 0.6 is 0 Å². The van der Waals surface area contributed by atoms with Gasteiger partial charge in [0.25, 0.3) is 0 Å². The minimum atomic E-state index is -0.501. The SMILES string of the molecule is C=CC.C=CC.C=CC.C=CC.C=CC.C=CC.C=CC.C=CC.C=CC.C=CC.C=CC.C=CC.C=CC.C=CC(=O)OCCO. The van der Waals surface area contributed by atoms with E-state index < -0.39 is 5.97 Å². The number of rotatable bonds is 3. The second kappa shape index (κ2) is 279. The molecule has 0 aromatic carbocycles. The topological polar surface area (TPSA) is 46.5 Å². The van der Waals surface area contributed by atoms with E-state index >= 15 is 0 Å². The van der Waals surface area contributed by atoms with Gasteiger partial charge in [0.05, 0.1) is 6.61 Å². The normalized spacial score (nSPS) is 4.98. The predicted octanol–water partition coefficient (Wildman–Crippen LogP) is 15.2. The summed E-state index contributed by atoms with van der Waals surface area (Å²) in [5.41, 5.74) is 0. The van der Waals surface area contributed by atoms with Gasteiger partial charge in [0, 0.05) is 6.08 Å². The van der Waals surface area contributed by atoms with Crippen molar-refractivity contribution in [3.05, 3.63) is 177 Å². The molecule has 0 aliphatic carbocycles. The molecule has 3 heteroatoms. The molecule has 0 rings (SSSR count). The Kier molecular flexibility index (Phi) is 535. The maximum absolute atomic E-state index is 10.1. The Morgan fingerprint density at radius 3 is 0.553 bits per heavy atom. The summed E-state index contributed by atoms with van der Waals surface area (Å²) in [5.74, 6) is -0.501. The molecule has 0 fully saturated rings. The number of carbonyl (C=O) groups excluding carboxylic acids is 1. The van der Waals surface area contributed by atoms with Gasteiger partial charge in [0.2, 0.25) is 0 Å². The number of esters is 1. The van der Waals surface area contributed by atoms with Crippen LogP contribution in [0.25, 0.3) is 0 Å². The van der Waals surface area contributed by atoms with E-state index in [1.54, 1.807) is 79.0 Å². The van der Waals surface area contributed by atoms with Gasteiger partial charge in [0.15, 0.2) is 0 Å². The first kappa shape index (κ1) is 90.2. The molecule has 0 unspecified atom stereocenters. The summed E-state index contributed by atoms with van der Waals surface area (Å²) < 4.78 is 4.33. The fraction of sp³-hybridized carbons (Fsp3) is 0.341. The Hall–Kier alpha value is -4.21. The standard InChI is InChI=1S/C5H8O3.13C3H6/c1-2-5(7)8-4-3-6;13*1-3-2/h2,6H,1,3-4H2;13*3H,1H2,2H3. The Labute approximate surface area is 300 Å². The number of allylic oxidation sites excluding steroid dienone is 13. The molecule has 0 saturated carbocycles. The van der Waals surface area contributed by atoms with Gasteiger partial charge < -0.3 is 9.84 Å². The number of hydrogen-bond acceptors (Lipinski definition) is 3. The summed E-state index contributed by atoms with van der Waals surface area (Å²) in [6, 6.07) is 0. The van der Waals surface area contributed by atoms with Crippen molar-refractivity contribution in [3.8, 4) is 0 Å². The van der Waals surface area contributed by atoms with Crippen molar-refractivity contribution in [1.82, 2.24) is 0 Å². The van der Waals surface area contributed by atoms with Gasteiger partial charge in [-0.15, -0.1) is 85.5 Å². The highest BCUT2D eigenvalue weighted by atomic mass is 16.5. The van der Waals surface area contributed by atoms with Crippen molar-refractivity contribution >= 4 is 5.97 Å². The first-order chi connectivity index (χ1) is 22.2. The van der Waals surface area contributed by atoms with Crippen molar-refractivity contribution in [1.29, 1.82) is 0 Å². The van der Waals surface area contributed by atoms with Gasteiger partial charge >= 0.3 is 5.97 Å². The summed E-state index contributed by atoms with van der Waals surface area (Å²) in [4.78, 5) is 10.1. The second-order valence-electron chi connectivity index (χ2n) is 6.40. The van der Waals surface area contributed by atoms with Crippen molar-refractivity contribution < 1.29 is 14.6 Å². The van der Waals surface area contributed by atoms with E-state index in [0.29, 0.717) is 0 Å². The molecule has 47 heavy (non-hydrogen) atoms. The summed E-state index contributed by atoms with van der Waals surface area (Å²) in [5, 5.41) is 8.10. The van der Waals surface area contributed by atoms with Crippen molar-refractivity contribution in [2.24, 2.45) is 0 Å². The van der Waals surface area contributed by atoms with Crippen LogP contribution in [0.4, 0.5) is 0 Å². The lowest BCUT2D eigenvalue weighted by molar-refractivity contribution is -0.138. The van der Waals surface area contributed by atoms with Crippen LogP contribution in [0.5, 0.6) is 0 Å². The molecule has 0 aliphatic rings. The third-order valence-electron chi connectivity index (χ3n) is 0.502. The van der Waals surface area contributed by atoms with E-state index in [9.17, 15) is 4.79 Å². The first-order valence-corrected chi connectivity index (χ1v) is 15.0. The fourth-order valence-electron chi connectivity index (χ4n) is 0.205. The molecular weight excluding hydrogens is 576 g/mol. The van der Waals surface area contributed by atoms with Gasteiger partial charge in [0.1, 0.15) is 6.61 Å². The van der Waals surface area contributed by atoms with Crippen LogP contribution in [0.1, 0.15) is 90.0 Å². The monoisotopic (exact) mass is 663 g/mol. The average Bonchev–Trinajstić information content (AvgIpc) is 2.97. The molecule has 0 atom stereocenters. The molecule has 0 spiro atoms. The van der Waals surface area contributed by atoms with Gasteiger partial charge in [-0.25, -0.2) is 4.79 Å². The number of hydrogen-bond donors (Lipinski definition) is 1. The zero-order chi connectivity index (χ0) is 41.6. The minimum absolute atomic E-state index is 0.0465. The maximum atomic E-state index is 10.1. The quantitative estimate of drug-likeness (QED) is 0.186. The molecule has 0 amide bonds. The van der Waals surface area contributed by atoms with Crippen LogP contribution in [0, 0.1) is 0 Å². The fourth-order valence-corrected chi connectivity index (χ4v) is 0.205. The molecule has 0 radical (unpaired) electrons. The number of aliphatic hydroxyl groups excluding tert-OH is 1. The summed E-state index contributed by atoms with van der Waals surface area (Å²) in [7, 11) is 0. The van der Waals surface area contributed by atoms with E-state index in [-0.39, 0.29) is 13.2 Å². The molecule has 0 heterocycles. The number of aliphatic hydroxyl groups is 1. The zero-order valence-corrected chi connectivity index (χ0v) is 34.2. The molecule has 1 N–H and O–H groups in total. The Balaban J connectivity index is -0.0000000212. The van der Waals surface area contributed by atoms with E-state index in [4.69, 9.17) is 5.11 Å².